The number of amides is 4. The first kappa shape index (κ1) is 19.9. The van der Waals surface area contributed by atoms with Gasteiger partial charge in [-0.1, -0.05) is 60.7 Å². The van der Waals surface area contributed by atoms with Crippen molar-refractivity contribution in [3.63, 3.8) is 0 Å². The van der Waals surface area contributed by atoms with Crippen molar-refractivity contribution in [2.75, 3.05) is 19.6 Å². The largest absolute Gasteiger partial charge is 0.352 e. The molecule has 4 amide bonds. The van der Waals surface area contributed by atoms with Gasteiger partial charge >= 0.3 is 6.03 Å². The first-order chi connectivity index (χ1) is 14.6. The average Bonchev–Trinajstić information content (AvgIpc) is 3.12. The highest BCUT2D eigenvalue weighted by molar-refractivity contribution is 5.89. The van der Waals surface area contributed by atoms with Gasteiger partial charge in [0.2, 0.25) is 11.8 Å². The Balaban J connectivity index is 1.20. The first-order valence-corrected chi connectivity index (χ1v) is 10.3. The number of benzene rings is 2. The van der Waals surface area contributed by atoms with E-state index in [1.807, 2.05) is 60.7 Å². The zero-order chi connectivity index (χ0) is 20.9. The molecule has 4 rings (SSSR count). The summed E-state index contributed by atoms with van der Waals surface area (Å²) >= 11 is 0. The highest BCUT2D eigenvalue weighted by Gasteiger charge is 2.43. The molecular formula is C23H26N4O3. The number of nitrogens with one attached hydrogen (secondary N) is 2. The van der Waals surface area contributed by atoms with Crippen LogP contribution < -0.4 is 10.6 Å². The van der Waals surface area contributed by atoms with E-state index in [9.17, 15) is 14.4 Å². The molecule has 156 valence electrons. The number of urea groups is 1. The van der Waals surface area contributed by atoms with Gasteiger partial charge in [0.05, 0.1) is 12.0 Å². The van der Waals surface area contributed by atoms with Crippen LogP contribution in [0.15, 0.2) is 60.7 Å². The van der Waals surface area contributed by atoms with Crippen molar-refractivity contribution in [2.45, 2.75) is 25.6 Å². The Bertz CT molecular complexity index is 897. The first-order valence-electron chi connectivity index (χ1n) is 10.3. The molecular weight excluding hydrogens is 380 g/mol. The predicted octanol–water partition coefficient (Wildman–Crippen LogP) is 1.75. The second-order valence-electron chi connectivity index (χ2n) is 7.85. The quantitative estimate of drug-likeness (QED) is 0.767. The normalized spacial score (nSPS) is 18.8. The molecule has 0 radical (unpaired) electrons. The van der Waals surface area contributed by atoms with Crippen molar-refractivity contribution in [3.8, 4) is 0 Å². The Morgan fingerprint density at radius 3 is 2.00 bits per heavy atom. The Kier molecular flexibility index (Phi) is 5.97. The lowest BCUT2D eigenvalue weighted by Crippen LogP contribution is -2.63. The summed E-state index contributed by atoms with van der Waals surface area (Å²) in [5, 5.41) is 5.83. The van der Waals surface area contributed by atoms with E-state index in [-0.39, 0.29) is 36.2 Å². The van der Waals surface area contributed by atoms with E-state index in [2.05, 4.69) is 10.6 Å². The highest BCUT2D eigenvalue weighted by Crippen LogP contribution is 2.25. The molecule has 0 bridgehead atoms. The number of rotatable bonds is 6. The van der Waals surface area contributed by atoms with Gasteiger partial charge in [-0.25, -0.2) is 4.79 Å². The minimum absolute atomic E-state index is 0.00750. The maximum Gasteiger partial charge on any atom is 0.317 e. The number of carbonyl (C=O) groups excluding carboxylic acids is 3. The van der Waals surface area contributed by atoms with Crippen LogP contribution in [0, 0.1) is 5.92 Å². The maximum absolute atomic E-state index is 12.5. The molecule has 2 aromatic rings. The minimum Gasteiger partial charge on any atom is -0.352 e. The van der Waals surface area contributed by atoms with Crippen LogP contribution in [0.4, 0.5) is 4.79 Å². The molecule has 1 atom stereocenters. The summed E-state index contributed by atoms with van der Waals surface area (Å²) in [6.45, 7) is 2.37. The summed E-state index contributed by atoms with van der Waals surface area (Å²) < 4.78 is 0. The second-order valence-corrected chi connectivity index (χ2v) is 7.85. The van der Waals surface area contributed by atoms with Gasteiger partial charge in [0, 0.05) is 39.1 Å². The molecule has 0 aliphatic carbocycles. The van der Waals surface area contributed by atoms with E-state index in [1.54, 1.807) is 9.80 Å². The fourth-order valence-corrected chi connectivity index (χ4v) is 3.89. The SMILES string of the molecule is O=C(NCc1ccccc1)C1CC(=O)N(C2CN(C(=O)NCc3ccccc3)C2)C1. The number of hydrogen-bond donors (Lipinski definition) is 2. The van der Waals surface area contributed by atoms with Crippen molar-refractivity contribution < 1.29 is 14.4 Å². The van der Waals surface area contributed by atoms with E-state index in [1.165, 1.54) is 0 Å². The van der Waals surface area contributed by atoms with E-state index in [0.29, 0.717) is 32.7 Å². The molecule has 2 N–H and O–H groups in total. The molecule has 2 aliphatic rings. The molecule has 2 aliphatic heterocycles. The Labute approximate surface area is 176 Å². The lowest BCUT2D eigenvalue weighted by Gasteiger charge is -2.43. The van der Waals surface area contributed by atoms with E-state index in [4.69, 9.17) is 0 Å². The van der Waals surface area contributed by atoms with Crippen molar-refractivity contribution in [2.24, 2.45) is 5.92 Å². The molecule has 0 spiro atoms. The zero-order valence-corrected chi connectivity index (χ0v) is 16.8. The van der Waals surface area contributed by atoms with Gasteiger partial charge < -0.3 is 20.4 Å². The Morgan fingerprint density at radius 1 is 0.833 bits per heavy atom. The van der Waals surface area contributed by atoms with Crippen LogP contribution in [0.3, 0.4) is 0 Å². The van der Waals surface area contributed by atoms with Gasteiger partial charge in [-0.05, 0) is 11.1 Å². The topological polar surface area (TPSA) is 81.8 Å². The van der Waals surface area contributed by atoms with Crippen LogP contribution in [0.2, 0.25) is 0 Å². The molecule has 30 heavy (non-hydrogen) atoms. The van der Waals surface area contributed by atoms with Crippen molar-refractivity contribution in [1.82, 2.24) is 20.4 Å². The minimum atomic E-state index is -0.331. The molecule has 2 fully saturated rings. The third-order valence-electron chi connectivity index (χ3n) is 5.72. The number of nitrogens with zero attached hydrogens (tertiary/aromatic N) is 2. The summed E-state index contributed by atoms with van der Waals surface area (Å²) in [7, 11) is 0. The third kappa shape index (κ3) is 4.62. The Morgan fingerprint density at radius 2 is 1.40 bits per heavy atom. The van der Waals surface area contributed by atoms with Gasteiger partial charge in [-0.3, -0.25) is 9.59 Å². The van der Waals surface area contributed by atoms with Crippen LogP contribution in [0.1, 0.15) is 17.5 Å². The molecule has 2 aromatic carbocycles. The average molecular weight is 406 g/mol. The van der Waals surface area contributed by atoms with Crippen LogP contribution in [-0.4, -0.2) is 53.3 Å². The molecule has 2 heterocycles. The van der Waals surface area contributed by atoms with Gasteiger partial charge in [-0.2, -0.15) is 0 Å². The summed E-state index contributed by atoms with van der Waals surface area (Å²) in [4.78, 5) is 40.6. The molecule has 7 heteroatoms. The van der Waals surface area contributed by atoms with Crippen molar-refractivity contribution >= 4 is 17.8 Å². The summed E-state index contributed by atoms with van der Waals surface area (Å²) in [5.41, 5.74) is 2.07. The standard InChI is InChI=1S/C23H26N4O3/c28-21-11-19(22(29)24-12-17-7-3-1-4-8-17)14-27(21)20-15-26(16-20)23(30)25-13-18-9-5-2-6-10-18/h1-10,19-20H,11-16H2,(H,24,29)(H,25,30). The monoisotopic (exact) mass is 406 g/mol. The van der Waals surface area contributed by atoms with E-state index >= 15 is 0 Å². The fraction of sp³-hybridized carbons (Fsp3) is 0.348. The molecule has 0 aromatic heterocycles. The lowest BCUT2D eigenvalue weighted by atomic mass is 10.1. The predicted molar refractivity (Wildman–Crippen MR) is 112 cm³/mol. The number of hydrogen-bond acceptors (Lipinski definition) is 3. The maximum atomic E-state index is 12.5. The van der Waals surface area contributed by atoms with E-state index in [0.717, 1.165) is 11.1 Å². The number of carbonyl (C=O) groups is 3. The van der Waals surface area contributed by atoms with Crippen molar-refractivity contribution in [1.29, 1.82) is 0 Å². The zero-order valence-electron chi connectivity index (χ0n) is 16.8. The van der Waals surface area contributed by atoms with Crippen LogP contribution in [-0.2, 0) is 22.7 Å². The fourth-order valence-electron chi connectivity index (χ4n) is 3.89. The van der Waals surface area contributed by atoms with Gasteiger partial charge in [0.1, 0.15) is 0 Å². The van der Waals surface area contributed by atoms with Gasteiger partial charge in [0.15, 0.2) is 0 Å². The van der Waals surface area contributed by atoms with Crippen LogP contribution in [0.25, 0.3) is 0 Å². The summed E-state index contributed by atoms with van der Waals surface area (Å²) in [6.07, 6.45) is 0.233. The van der Waals surface area contributed by atoms with Crippen LogP contribution in [0.5, 0.6) is 0 Å². The van der Waals surface area contributed by atoms with Crippen LogP contribution >= 0.6 is 0 Å². The summed E-state index contributed by atoms with van der Waals surface area (Å²) in [5.74, 6) is -0.433. The number of likely N-dealkylation sites (tertiary alicyclic amines) is 2. The van der Waals surface area contributed by atoms with Gasteiger partial charge in [0.25, 0.3) is 0 Å². The molecule has 1 unspecified atom stereocenters. The van der Waals surface area contributed by atoms with E-state index < -0.39 is 0 Å². The summed E-state index contributed by atoms with van der Waals surface area (Å²) in [6, 6.07) is 19.3. The smallest absolute Gasteiger partial charge is 0.317 e. The van der Waals surface area contributed by atoms with Crippen molar-refractivity contribution in [3.05, 3.63) is 71.8 Å². The molecule has 0 saturated carbocycles. The molecule has 2 saturated heterocycles. The lowest BCUT2D eigenvalue weighted by molar-refractivity contribution is -0.132. The van der Waals surface area contributed by atoms with Gasteiger partial charge in [-0.15, -0.1) is 0 Å². The third-order valence-corrected chi connectivity index (χ3v) is 5.72. The Hall–Kier alpha value is -3.35. The highest BCUT2D eigenvalue weighted by atomic mass is 16.2. The second kappa shape index (κ2) is 8.98. The molecule has 7 nitrogen and oxygen atoms in total.